The van der Waals surface area contributed by atoms with Crippen molar-refractivity contribution in [3.63, 3.8) is 0 Å². The molecule has 3 aliphatic rings. The Balaban J connectivity index is 1.47. The zero-order valence-corrected chi connectivity index (χ0v) is 15.4. The van der Waals surface area contributed by atoms with Crippen LogP contribution in [0.4, 0.5) is 0 Å². The van der Waals surface area contributed by atoms with E-state index in [1.165, 1.54) is 24.8 Å². The summed E-state index contributed by atoms with van der Waals surface area (Å²) in [5.41, 5.74) is 1.81. The predicted molar refractivity (Wildman–Crippen MR) is 96.0 cm³/mol. The second kappa shape index (κ2) is 6.43. The first-order valence-corrected chi connectivity index (χ1v) is 10.1. The number of ether oxygens (including phenoxy) is 1. The largest absolute Gasteiger partial charge is 0.384 e. The molecule has 2 aliphatic carbocycles. The van der Waals surface area contributed by atoms with Crippen LogP contribution in [0.25, 0.3) is 0 Å². The van der Waals surface area contributed by atoms with Gasteiger partial charge in [-0.3, -0.25) is 4.79 Å². The van der Waals surface area contributed by atoms with E-state index in [0.29, 0.717) is 23.8 Å². The maximum Gasteiger partial charge on any atom is 0.223 e. The molecular weight excluding hydrogens is 320 g/mol. The van der Waals surface area contributed by atoms with Crippen molar-refractivity contribution in [1.82, 2.24) is 10.2 Å². The number of nitrogens with zero attached hydrogens (tertiary/aromatic N) is 1. The number of hydrogen-bond acceptors (Lipinski definition) is 4. The molecule has 1 spiro atoms. The third-order valence-corrected chi connectivity index (χ3v) is 7.04. The first-order valence-electron chi connectivity index (χ1n) is 9.17. The van der Waals surface area contributed by atoms with E-state index in [4.69, 9.17) is 4.74 Å². The standard InChI is InChI=1S/C19H28N2O2S/c1-23-14-18(3-4-18)11-17(22)21(12-15-2-9-24-13-15)16-10-19(16)5-7-20-8-6-19/h2,9,13,16,20H,3-8,10-12,14H2,1H3. The maximum atomic E-state index is 13.2. The van der Waals surface area contributed by atoms with Crippen LogP contribution in [-0.2, 0) is 16.1 Å². The predicted octanol–water partition coefficient (Wildman–Crippen LogP) is 3.04. The molecule has 0 aromatic carbocycles. The van der Waals surface area contributed by atoms with Crippen LogP contribution in [0.1, 0.15) is 44.1 Å². The van der Waals surface area contributed by atoms with Crippen molar-refractivity contribution in [2.75, 3.05) is 26.8 Å². The van der Waals surface area contributed by atoms with Gasteiger partial charge in [-0.2, -0.15) is 11.3 Å². The number of rotatable bonds is 7. The average Bonchev–Trinajstić information content (AvgIpc) is 3.41. The molecule has 1 amide bonds. The Hall–Kier alpha value is -0.910. The van der Waals surface area contributed by atoms with E-state index in [9.17, 15) is 4.79 Å². The van der Waals surface area contributed by atoms with E-state index in [1.54, 1.807) is 18.4 Å². The number of carbonyl (C=O) groups excluding carboxylic acids is 1. The van der Waals surface area contributed by atoms with E-state index in [2.05, 4.69) is 27.0 Å². The lowest BCUT2D eigenvalue weighted by Gasteiger charge is -2.30. The van der Waals surface area contributed by atoms with Gasteiger partial charge in [-0.25, -0.2) is 0 Å². The van der Waals surface area contributed by atoms with Crippen LogP contribution in [0.2, 0.25) is 0 Å². The molecule has 24 heavy (non-hydrogen) atoms. The number of piperidine rings is 1. The number of thiophene rings is 1. The molecule has 1 unspecified atom stereocenters. The minimum atomic E-state index is 0.134. The van der Waals surface area contributed by atoms with Crippen LogP contribution in [-0.4, -0.2) is 43.7 Å². The van der Waals surface area contributed by atoms with Crippen LogP contribution in [0, 0.1) is 10.8 Å². The van der Waals surface area contributed by atoms with E-state index in [0.717, 1.165) is 39.1 Å². The van der Waals surface area contributed by atoms with Crippen LogP contribution < -0.4 is 5.32 Å². The zero-order valence-electron chi connectivity index (χ0n) is 14.6. The highest BCUT2D eigenvalue weighted by molar-refractivity contribution is 7.07. The molecule has 1 aromatic rings. The van der Waals surface area contributed by atoms with Gasteiger partial charge in [0, 0.05) is 31.5 Å². The van der Waals surface area contributed by atoms with E-state index < -0.39 is 0 Å². The monoisotopic (exact) mass is 348 g/mol. The summed E-state index contributed by atoms with van der Waals surface area (Å²) >= 11 is 1.72. The van der Waals surface area contributed by atoms with Crippen molar-refractivity contribution in [2.45, 2.75) is 51.1 Å². The van der Waals surface area contributed by atoms with Crippen molar-refractivity contribution < 1.29 is 9.53 Å². The molecule has 1 N–H and O–H groups in total. The van der Waals surface area contributed by atoms with E-state index in [-0.39, 0.29) is 5.41 Å². The fraction of sp³-hybridized carbons (Fsp3) is 0.737. The Labute approximate surface area is 148 Å². The fourth-order valence-corrected chi connectivity index (χ4v) is 5.12. The number of carbonyl (C=O) groups is 1. The smallest absolute Gasteiger partial charge is 0.223 e. The van der Waals surface area contributed by atoms with E-state index in [1.807, 2.05) is 0 Å². The number of methoxy groups -OCH3 is 1. The van der Waals surface area contributed by atoms with Gasteiger partial charge in [0.05, 0.1) is 6.61 Å². The Kier molecular flexibility index (Phi) is 4.43. The van der Waals surface area contributed by atoms with Gasteiger partial charge in [0.2, 0.25) is 5.91 Å². The lowest BCUT2D eigenvalue weighted by Crippen LogP contribution is -2.40. The summed E-state index contributed by atoms with van der Waals surface area (Å²) in [5, 5.41) is 7.75. The molecular formula is C19H28N2O2S. The summed E-state index contributed by atoms with van der Waals surface area (Å²) < 4.78 is 5.36. The second-order valence-corrected chi connectivity index (χ2v) is 8.88. The highest BCUT2D eigenvalue weighted by Gasteiger charge is 2.58. The van der Waals surface area contributed by atoms with Gasteiger partial charge < -0.3 is 15.0 Å². The first-order chi connectivity index (χ1) is 11.7. The van der Waals surface area contributed by atoms with Crippen LogP contribution in [0.5, 0.6) is 0 Å². The molecule has 2 heterocycles. The molecule has 132 valence electrons. The molecule has 3 fully saturated rings. The zero-order chi connectivity index (χ0) is 16.6. The van der Waals surface area contributed by atoms with Gasteiger partial charge >= 0.3 is 0 Å². The van der Waals surface area contributed by atoms with Gasteiger partial charge in [0.1, 0.15) is 0 Å². The minimum Gasteiger partial charge on any atom is -0.384 e. The third-order valence-electron chi connectivity index (χ3n) is 6.31. The molecule has 1 aromatic heterocycles. The Morgan fingerprint density at radius 1 is 1.38 bits per heavy atom. The Morgan fingerprint density at radius 2 is 2.17 bits per heavy atom. The highest BCUT2D eigenvalue weighted by Crippen LogP contribution is 2.57. The molecule has 0 radical (unpaired) electrons. The van der Waals surface area contributed by atoms with Crippen LogP contribution >= 0.6 is 11.3 Å². The summed E-state index contributed by atoms with van der Waals surface area (Å²) in [6, 6.07) is 2.61. The summed E-state index contributed by atoms with van der Waals surface area (Å²) in [6.45, 7) is 3.71. The van der Waals surface area contributed by atoms with Gasteiger partial charge in [0.25, 0.3) is 0 Å². The van der Waals surface area contributed by atoms with Gasteiger partial charge in [-0.05, 0) is 73.0 Å². The molecule has 2 saturated carbocycles. The summed E-state index contributed by atoms with van der Waals surface area (Å²) in [5.74, 6) is 0.344. The van der Waals surface area contributed by atoms with Crippen molar-refractivity contribution in [2.24, 2.45) is 10.8 Å². The van der Waals surface area contributed by atoms with Gasteiger partial charge in [0.15, 0.2) is 0 Å². The molecule has 1 aliphatic heterocycles. The molecule has 4 rings (SSSR count). The quantitative estimate of drug-likeness (QED) is 0.823. The average molecular weight is 349 g/mol. The number of hydrogen-bond donors (Lipinski definition) is 1. The van der Waals surface area contributed by atoms with Crippen molar-refractivity contribution >= 4 is 17.2 Å². The van der Waals surface area contributed by atoms with E-state index >= 15 is 0 Å². The molecule has 4 nitrogen and oxygen atoms in total. The number of amides is 1. The van der Waals surface area contributed by atoms with Crippen LogP contribution in [0.15, 0.2) is 16.8 Å². The second-order valence-electron chi connectivity index (χ2n) is 8.10. The molecule has 5 heteroatoms. The summed E-state index contributed by atoms with van der Waals surface area (Å²) in [6.07, 6.45) is 6.57. The Morgan fingerprint density at radius 3 is 2.79 bits per heavy atom. The fourth-order valence-electron chi connectivity index (χ4n) is 4.46. The van der Waals surface area contributed by atoms with Gasteiger partial charge in [-0.1, -0.05) is 0 Å². The topological polar surface area (TPSA) is 41.6 Å². The minimum absolute atomic E-state index is 0.134. The SMILES string of the molecule is COCC1(CC(=O)N(Cc2ccsc2)C2CC23CCNCC3)CC1. The number of nitrogens with one attached hydrogen (secondary N) is 1. The lowest BCUT2D eigenvalue weighted by molar-refractivity contribution is -0.135. The molecule has 0 bridgehead atoms. The first kappa shape index (κ1) is 16.6. The highest BCUT2D eigenvalue weighted by atomic mass is 32.1. The van der Waals surface area contributed by atoms with Crippen molar-refractivity contribution in [1.29, 1.82) is 0 Å². The lowest BCUT2D eigenvalue weighted by atomic mass is 9.93. The van der Waals surface area contributed by atoms with Crippen molar-refractivity contribution in [3.8, 4) is 0 Å². The summed E-state index contributed by atoms with van der Waals surface area (Å²) in [7, 11) is 1.75. The van der Waals surface area contributed by atoms with Gasteiger partial charge in [-0.15, -0.1) is 0 Å². The third kappa shape index (κ3) is 3.26. The normalized spacial score (nSPS) is 26.3. The Bertz CT molecular complexity index is 576. The molecule has 1 atom stereocenters. The van der Waals surface area contributed by atoms with Crippen molar-refractivity contribution in [3.05, 3.63) is 22.4 Å². The summed E-state index contributed by atoms with van der Waals surface area (Å²) in [4.78, 5) is 15.4. The maximum absolute atomic E-state index is 13.2. The van der Waals surface area contributed by atoms with Crippen LogP contribution in [0.3, 0.4) is 0 Å². The molecule has 1 saturated heterocycles.